The predicted molar refractivity (Wildman–Crippen MR) is 114 cm³/mol. The minimum atomic E-state index is 0.819. The molecule has 0 spiro atoms. The van der Waals surface area contributed by atoms with Gasteiger partial charge < -0.3 is 0 Å². The standard InChI is InChI=1S/C22H24ClN3S/c1-17-4-2-6-19(12-17)22-24-21(16-27-22)15-26-10-8-25(9-11-26)14-18-5-3-7-20(23)13-18/h2-7,12-13,16H,8-11,14-15H2,1H3. The van der Waals surface area contributed by atoms with Gasteiger partial charge in [-0.2, -0.15) is 0 Å². The number of halogens is 1. The van der Waals surface area contributed by atoms with Gasteiger partial charge in [0.25, 0.3) is 0 Å². The molecule has 0 N–H and O–H groups in total. The van der Waals surface area contributed by atoms with Crippen LogP contribution in [0, 0.1) is 6.92 Å². The van der Waals surface area contributed by atoms with E-state index in [1.165, 1.54) is 22.4 Å². The fourth-order valence-corrected chi connectivity index (χ4v) is 4.54. The van der Waals surface area contributed by atoms with Crippen LogP contribution in [0.3, 0.4) is 0 Å². The Morgan fingerprint density at radius 1 is 0.963 bits per heavy atom. The highest BCUT2D eigenvalue weighted by Crippen LogP contribution is 2.25. The lowest BCUT2D eigenvalue weighted by atomic mass is 10.1. The summed E-state index contributed by atoms with van der Waals surface area (Å²) in [4.78, 5) is 9.87. The van der Waals surface area contributed by atoms with Crippen LogP contribution in [0.15, 0.2) is 53.9 Å². The van der Waals surface area contributed by atoms with E-state index >= 15 is 0 Å². The van der Waals surface area contributed by atoms with Crippen molar-refractivity contribution in [2.24, 2.45) is 0 Å². The molecule has 1 aliphatic heterocycles. The average Bonchev–Trinajstić information content (AvgIpc) is 3.12. The van der Waals surface area contributed by atoms with E-state index in [0.717, 1.165) is 49.3 Å². The van der Waals surface area contributed by atoms with E-state index in [1.807, 2.05) is 12.1 Å². The van der Waals surface area contributed by atoms with E-state index in [-0.39, 0.29) is 0 Å². The first kappa shape index (κ1) is 18.6. The molecule has 2 heterocycles. The maximum atomic E-state index is 6.10. The molecular formula is C22H24ClN3S. The first-order valence-electron chi connectivity index (χ1n) is 9.36. The van der Waals surface area contributed by atoms with Crippen LogP contribution >= 0.6 is 22.9 Å². The number of aromatic nitrogens is 1. The molecule has 0 saturated carbocycles. The first-order valence-corrected chi connectivity index (χ1v) is 10.6. The van der Waals surface area contributed by atoms with Crippen LogP contribution in [0.25, 0.3) is 10.6 Å². The molecule has 2 aromatic carbocycles. The van der Waals surface area contributed by atoms with Gasteiger partial charge in [0.2, 0.25) is 0 Å². The van der Waals surface area contributed by atoms with Gasteiger partial charge >= 0.3 is 0 Å². The Balaban J connectivity index is 1.31. The molecule has 4 rings (SSSR count). The van der Waals surface area contributed by atoms with Crippen LogP contribution < -0.4 is 0 Å². The van der Waals surface area contributed by atoms with E-state index in [9.17, 15) is 0 Å². The summed E-state index contributed by atoms with van der Waals surface area (Å²) in [6, 6.07) is 16.8. The maximum absolute atomic E-state index is 6.10. The quantitative estimate of drug-likeness (QED) is 0.597. The average molecular weight is 398 g/mol. The van der Waals surface area contributed by atoms with E-state index in [4.69, 9.17) is 16.6 Å². The predicted octanol–water partition coefficient (Wildman–Crippen LogP) is 5.09. The molecule has 0 amide bonds. The number of aryl methyl sites for hydroxylation is 1. The second-order valence-electron chi connectivity index (χ2n) is 7.20. The molecule has 1 saturated heterocycles. The summed E-state index contributed by atoms with van der Waals surface area (Å²) >= 11 is 7.84. The molecule has 3 aromatic rings. The van der Waals surface area contributed by atoms with Crippen molar-refractivity contribution in [1.82, 2.24) is 14.8 Å². The van der Waals surface area contributed by atoms with Crippen molar-refractivity contribution >= 4 is 22.9 Å². The molecule has 0 radical (unpaired) electrons. The Morgan fingerprint density at radius 3 is 2.44 bits per heavy atom. The molecule has 1 aromatic heterocycles. The summed E-state index contributed by atoms with van der Waals surface area (Å²) in [5.74, 6) is 0. The molecule has 1 aliphatic rings. The number of piperazine rings is 1. The number of rotatable bonds is 5. The number of thiazole rings is 1. The van der Waals surface area contributed by atoms with Crippen molar-refractivity contribution in [2.75, 3.05) is 26.2 Å². The number of nitrogens with zero attached hydrogens (tertiary/aromatic N) is 3. The largest absolute Gasteiger partial charge is 0.297 e. The Bertz CT molecular complexity index is 900. The van der Waals surface area contributed by atoms with Gasteiger partial charge in [-0.1, -0.05) is 47.5 Å². The first-order chi connectivity index (χ1) is 13.2. The van der Waals surface area contributed by atoms with Gasteiger partial charge in [0.15, 0.2) is 0 Å². The molecule has 0 bridgehead atoms. The molecular weight excluding hydrogens is 374 g/mol. The second kappa shape index (κ2) is 8.53. The molecule has 0 atom stereocenters. The lowest BCUT2D eigenvalue weighted by Gasteiger charge is -2.34. The number of benzene rings is 2. The summed E-state index contributed by atoms with van der Waals surface area (Å²) in [6.07, 6.45) is 0. The third-order valence-electron chi connectivity index (χ3n) is 4.96. The Labute approximate surface area is 170 Å². The number of hydrogen-bond acceptors (Lipinski definition) is 4. The highest BCUT2D eigenvalue weighted by atomic mass is 35.5. The highest BCUT2D eigenvalue weighted by Gasteiger charge is 2.18. The van der Waals surface area contributed by atoms with Crippen LogP contribution in [0.2, 0.25) is 5.02 Å². The molecule has 0 unspecified atom stereocenters. The third-order valence-corrected chi connectivity index (χ3v) is 6.14. The summed E-state index contributed by atoms with van der Waals surface area (Å²) in [7, 11) is 0. The van der Waals surface area contributed by atoms with Crippen molar-refractivity contribution in [3.05, 3.63) is 75.8 Å². The van der Waals surface area contributed by atoms with Crippen molar-refractivity contribution in [2.45, 2.75) is 20.0 Å². The Morgan fingerprint density at radius 2 is 1.70 bits per heavy atom. The van der Waals surface area contributed by atoms with Gasteiger partial charge in [0.1, 0.15) is 5.01 Å². The van der Waals surface area contributed by atoms with Gasteiger partial charge in [0, 0.05) is 55.2 Å². The van der Waals surface area contributed by atoms with Crippen LogP contribution in [0.5, 0.6) is 0 Å². The molecule has 0 aliphatic carbocycles. The van der Waals surface area contributed by atoms with Crippen molar-refractivity contribution in [1.29, 1.82) is 0 Å². The van der Waals surface area contributed by atoms with E-state index < -0.39 is 0 Å². The summed E-state index contributed by atoms with van der Waals surface area (Å²) in [6.45, 7) is 8.37. The monoisotopic (exact) mass is 397 g/mol. The summed E-state index contributed by atoms with van der Waals surface area (Å²) in [5.41, 5.74) is 4.97. The SMILES string of the molecule is Cc1cccc(-c2nc(CN3CCN(Cc4cccc(Cl)c4)CC3)cs2)c1. The van der Waals surface area contributed by atoms with Gasteiger partial charge in [-0.3, -0.25) is 9.80 Å². The maximum Gasteiger partial charge on any atom is 0.123 e. The second-order valence-corrected chi connectivity index (χ2v) is 8.49. The third kappa shape index (κ3) is 4.96. The molecule has 140 valence electrons. The summed E-state index contributed by atoms with van der Waals surface area (Å²) in [5, 5.41) is 4.14. The van der Waals surface area contributed by atoms with Crippen LogP contribution in [-0.2, 0) is 13.1 Å². The van der Waals surface area contributed by atoms with Crippen molar-refractivity contribution in [3.63, 3.8) is 0 Å². The number of hydrogen-bond donors (Lipinski definition) is 0. The zero-order chi connectivity index (χ0) is 18.6. The van der Waals surface area contributed by atoms with E-state index in [1.54, 1.807) is 11.3 Å². The van der Waals surface area contributed by atoms with Crippen LogP contribution in [0.4, 0.5) is 0 Å². The molecule has 3 nitrogen and oxygen atoms in total. The fourth-order valence-electron chi connectivity index (χ4n) is 3.52. The normalized spacial score (nSPS) is 15.9. The van der Waals surface area contributed by atoms with Crippen LogP contribution in [-0.4, -0.2) is 41.0 Å². The Hall–Kier alpha value is -1.72. The lowest BCUT2D eigenvalue weighted by Crippen LogP contribution is -2.45. The highest BCUT2D eigenvalue weighted by molar-refractivity contribution is 7.13. The summed E-state index contributed by atoms with van der Waals surface area (Å²) < 4.78 is 0. The smallest absolute Gasteiger partial charge is 0.123 e. The minimum absolute atomic E-state index is 0.819. The van der Waals surface area contributed by atoms with Gasteiger partial charge in [-0.15, -0.1) is 11.3 Å². The van der Waals surface area contributed by atoms with Gasteiger partial charge in [0.05, 0.1) is 5.69 Å². The van der Waals surface area contributed by atoms with Crippen molar-refractivity contribution in [3.8, 4) is 10.6 Å². The van der Waals surface area contributed by atoms with Crippen LogP contribution in [0.1, 0.15) is 16.8 Å². The minimum Gasteiger partial charge on any atom is -0.297 e. The van der Waals surface area contributed by atoms with Gasteiger partial charge in [-0.05, 0) is 30.7 Å². The van der Waals surface area contributed by atoms with Gasteiger partial charge in [-0.25, -0.2) is 4.98 Å². The van der Waals surface area contributed by atoms with E-state index in [0.29, 0.717) is 0 Å². The zero-order valence-corrected chi connectivity index (χ0v) is 17.1. The zero-order valence-electron chi connectivity index (χ0n) is 15.6. The topological polar surface area (TPSA) is 19.4 Å². The lowest BCUT2D eigenvalue weighted by molar-refractivity contribution is 0.121. The molecule has 27 heavy (non-hydrogen) atoms. The molecule has 5 heteroatoms. The fraction of sp³-hybridized carbons (Fsp3) is 0.318. The van der Waals surface area contributed by atoms with E-state index in [2.05, 4.69) is 58.5 Å². The Kier molecular flexibility index (Phi) is 5.89. The molecule has 1 fully saturated rings. The van der Waals surface area contributed by atoms with Crippen molar-refractivity contribution < 1.29 is 0 Å².